The van der Waals surface area contributed by atoms with Crippen molar-refractivity contribution in [2.75, 3.05) is 32.0 Å². The van der Waals surface area contributed by atoms with Crippen molar-refractivity contribution in [3.63, 3.8) is 0 Å². The SMILES string of the molecule is CN1CCC(CC(=O)Nc2ccccc2C(=O)NCCc2ccccc2)CC1. The molecule has 2 amide bonds. The number of nitrogens with one attached hydrogen (secondary N) is 2. The van der Waals surface area contributed by atoms with E-state index < -0.39 is 0 Å². The van der Waals surface area contributed by atoms with Crippen molar-refractivity contribution in [2.45, 2.75) is 25.7 Å². The van der Waals surface area contributed by atoms with Crippen molar-refractivity contribution < 1.29 is 9.59 Å². The van der Waals surface area contributed by atoms with E-state index in [1.807, 2.05) is 42.5 Å². The number of piperidine rings is 1. The number of likely N-dealkylation sites (tertiary alicyclic amines) is 1. The quantitative estimate of drug-likeness (QED) is 0.776. The summed E-state index contributed by atoms with van der Waals surface area (Å²) in [6, 6.07) is 17.3. The first-order valence-corrected chi connectivity index (χ1v) is 10.0. The third-order valence-corrected chi connectivity index (χ3v) is 5.30. The Morgan fingerprint density at radius 1 is 1.00 bits per heavy atom. The first kappa shape index (κ1) is 20.1. The Bertz CT molecular complexity index is 783. The second-order valence-electron chi connectivity index (χ2n) is 7.54. The number of nitrogens with zero attached hydrogens (tertiary/aromatic N) is 1. The first-order valence-electron chi connectivity index (χ1n) is 10.0. The normalized spacial score (nSPS) is 15.2. The van der Waals surface area contributed by atoms with Gasteiger partial charge in [0.2, 0.25) is 5.91 Å². The van der Waals surface area contributed by atoms with Crippen molar-refractivity contribution in [2.24, 2.45) is 5.92 Å². The van der Waals surface area contributed by atoms with Gasteiger partial charge in [0.15, 0.2) is 0 Å². The summed E-state index contributed by atoms with van der Waals surface area (Å²) in [5, 5.41) is 5.90. The monoisotopic (exact) mass is 379 g/mol. The Hall–Kier alpha value is -2.66. The summed E-state index contributed by atoms with van der Waals surface area (Å²) >= 11 is 0. The molecule has 0 saturated carbocycles. The smallest absolute Gasteiger partial charge is 0.253 e. The van der Waals surface area contributed by atoms with Gasteiger partial charge in [-0.25, -0.2) is 0 Å². The summed E-state index contributed by atoms with van der Waals surface area (Å²) in [6.45, 7) is 2.64. The molecule has 5 heteroatoms. The maximum atomic E-state index is 12.6. The summed E-state index contributed by atoms with van der Waals surface area (Å²) in [5.41, 5.74) is 2.27. The van der Waals surface area contributed by atoms with E-state index in [0.29, 0.717) is 30.1 Å². The number of carbonyl (C=O) groups excluding carboxylic acids is 2. The van der Waals surface area contributed by atoms with Crippen molar-refractivity contribution in [3.05, 3.63) is 65.7 Å². The molecule has 0 aliphatic carbocycles. The highest BCUT2D eigenvalue weighted by atomic mass is 16.2. The third kappa shape index (κ3) is 5.92. The average molecular weight is 380 g/mol. The lowest BCUT2D eigenvalue weighted by atomic mass is 9.93. The summed E-state index contributed by atoms with van der Waals surface area (Å²) < 4.78 is 0. The minimum atomic E-state index is -0.161. The number of hydrogen-bond donors (Lipinski definition) is 2. The summed E-state index contributed by atoms with van der Waals surface area (Å²) in [5.74, 6) is 0.244. The van der Waals surface area contributed by atoms with Crippen LogP contribution < -0.4 is 10.6 Å². The number of anilines is 1. The highest BCUT2D eigenvalue weighted by Gasteiger charge is 2.20. The molecular weight excluding hydrogens is 350 g/mol. The molecule has 0 aromatic heterocycles. The number of rotatable bonds is 7. The molecule has 0 radical (unpaired) electrons. The molecule has 148 valence electrons. The minimum Gasteiger partial charge on any atom is -0.352 e. The Morgan fingerprint density at radius 3 is 2.43 bits per heavy atom. The molecule has 0 bridgehead atoms. The fourth-order valence-electron chi connectivity index (χ4n) is 3.58. The van der Waals surface area contributed by atoms with Crippen LogP contribution in [-0.2, 0) is 11.2 Å². The predicted molar refractivity (Wildman–Crippen MR) is 112 cm³/mol. The minimum absolute atomic E-state index is 0.0147. The van der Waals surface area contributed by atoms with Gasteiger partial charge >= 0.3 is 0 Å². The Balaban J connectivity index is 1.53. The molecule has 5 nitrogen and oxygen atoms in total. The van der Waals surface area contributed by atoms with E-state index in [-0.39, 0.29) is 11.8 Å². The lowest BCUT2D eigenvalue weighted by molar-refractivity contribution is -0.117. The molecule has 2 N–H and O–H groups in total. The zero-order valence-corrected chi connectivity index (χ0v) is 16.5. The van der Waals surface area contributed by atoms with Crippen molar-refractivity contribution in [1.29, 1.82) is 0 Å². The van der Waals surface area contributed by atoms with Gasteiger partial charge in [0.25, 0.3) is 5.91 Å². The van der Waals surface area contributed by atoms with Crippen LogP contribution in [0.3, 0.4) is 0 Å². The fraction of sp³-hybridized carbons (Fsp3) is 0.391. The molecule has 1 fully saturated rings. The van der Waals surface area contributed by atoms with Gasteiger partial charge in [-0.05, 0) is 63.0 Å². The summed E-state index contributed by atoms with van der Waals surface area (Å²) in [7, 11) is 2.11. The van der Waals surface area contributed by atoms with E-state index in [9.17, 15) is 9.59 Å². The van der Waals surface area contributed by atoms with Gasteiger partial charge in [-0.3, -0.25) is 9.59 Å². The lowest BCUT2D eigenvalue weighted by Gasteiger charge is -2.28. The molecule has 0 atom stereocenters. The van der Waals surface area contributed by atoms with Crippen LogP contribution >= 0.6 is 0 Å². The third-order valence-electron chi connectivity index (χ3n) is 5.30. The Morgan fingerprint density at radius 2 is 1.68 bits per heavy atom. The Labute approximate surface area is 167 Å². The molecule has 0 unspecified atom stereocenters. The zero-order chi connectivity index (χ0) is 19.8. The molecule has 0 spiro atoms. The van der Waals surface area contributed by atoms with E-state index in [1.165, 1.54) is 5.56 Å². The van der Waals surface area contributed by atoms with Crippen LogP contribution in [0.15, 0.2) is 54.6 Å². The topological polar surface area (TPSA) is 61.4 Å². The molecule has 2 aromatic carbocycles. The van der Waals surface area contributed by atoms with Crippen LogP contribution in [0.4, 0.5) is 5.69 Å². The van der Waals surface area contributed by atoms with E-state index in [2.05, 4.69) is 22.6 Å². The molecule has 1 heterocycles. The number of hydrogen-bond acceptors (Lipinski definition) is 3. The second-order valence-corrected chi connectivity index (χ2v) is 7.54. The van der Waals surface area contributed by atoms with Crippen LogP contribution in [0, 0.1) is 5.92 Å². The molecule has 2 aromatic rings. The zero-order valence-electron chi connectivity index (χ0n) is 16.5. The Kier molecular flexibility index (Phi) is 7.20. The highest BCUT2D eigenvalue weighted by molar-refractivity contribution is 6.03. The van der Waals surface area contributed by atoms with E-state index >= 15 is 0 Å². The van der Waals surface area contributed by atoms with Crippen molar-refractivity contribution >= 4 is 17.5 Å². The van der Waals surface area contributed by atoms with Crippen LogP contribution in [0.1, 0.15) is 35.2 Å². The van der Waals surface area contributed by atoms with Gasteiger partial charge in [-0.2, -0.15) is 0 Å². The van der Waals surface area contributed by atoms with Crippen molar-refractivity contribution in [3.8, 4) is 0 Å². The molecule has 3 rings (SSSR count). The van der Waals surface area contributed by atoms with E-state index in [0.717, 1.165) is 32.4 Å². The predicted octanol–water partition coefficient (Wildman–Crippen LogP) is 3.33. The molecular formula is C23H29N3O2. The van der Waals surface area contributed by atoms with Gasteiger partial charge in [0.1, 0.15) is 0 Å². The maximum Gasteiger partial charge on any atom is 0.253 e. The van der Waals surface area contributed by atoms with Crippen LogP contribution in [0.2, 0.25) is 0 Å². The standard InChI is InChI=1S/C23H29N3O2/c1-26-15-12-19(13-16-26)17-22(27)25-21-10-6-5-9-20(21)23(28)24-14-11-18-7-3-2-4-8-18/h2-10,19H,11-17H2,1H3,(H,24,28)(H,25,27). The lowest BCUT2D eigenvalue weighted by Crippen LogP contribution is -2.32. The average Bonchev–Trinajstić information content (AvgIpc) is 2.71. The largest absolute Gasteiger partial charge is 0.352 e. The molecule has 28 heavy (non-hydrogen) atoms. The number of carbonyl (C=O) groups is 2. The molecule has 1 aliphatic rings. The fourth-order valence-corrected chi connectivity index (χ4v) is 3.58. The molecule has 1 aliphatic heterocycles. The van der Waals surface area contributed by atoms with Gasteiger partial charge in [0, 0.05) is 13.0 Å². The number of amides is 2. The van der Waals surface area contributed by atoms with Crippen LogP contribution in [0.5, 0.6) is 0 Å². The number of para-hydroxylation sites is 1. The first-order chi connectivity index (χ1) is 13.6. The maximum absolute atomic E-state index is 12.6. The van der Waals surface area contributed by atoms with Gasteiger partial charge < -0.3 is 15.5 Å². The van der Waals surface area contributed by atoms with E-state index in [4.69, 9.17) is 0 Å². The summed E-state index contributed by atoms with van der Waals surface area (Å²) in [4.78, 5) is 27.4. The van der Waals surface area contributed by atoms with Crippen LogP contribution in [-0.4, -0.2) is 43.4 Å². The van der Waals surface area contributed by atoms with Gasteiger partial charge in [-0.1, -0.05) is 42.5 Å². The molecule has 1 saturated heterocycles. The van der Waals surface area contributed by atoms with Gasteiger partial charge in [-0.15, -0.1) is 0 Å². The van der Waals surface area contributed by atoms with Crippen LogP contribution in [0.25, 0.3) is 0 Å². The second kappa shape index (κ2) is 10.0. The summed E-state index contributed by atoms with van der Waals surface area (Å²) in [6.07, 6.45) is 3.38. The number of benzene rings is 2. The van der Waals surface area contributed by atoms with Crippen molar-refractivity contribution in [1.82, 2.24) is 10.2 Å². The van der Waals surface area contributed by atoms with E-state index in [1.54, 1.807) is 12.1 Å². The van der Waals surface area contributed by atoms with Gasteiger partial charge in [0.05, 0.1) is 11.3 Å². The highest BCUT2D eigenvalue weighted by Crippen LogP contribution is 2.21.